The first kappa shape index (κ1) is 40.3. The average molecular weight is 878 g/mol. The van der Waals surface area contributed by atoms with E-state index in [2.05, 4.69) is 51.1 Å². The molecule has 318 valence electrons. The van der Waals surface area contributed by atoms with E-state index in [1.54, 1.807) is 12.1 Å². The average Bonchev–Trinajstić information content (AvgIpc) is 4.20. The van der Waals surface area contributed by atoms with Gasteiger partial charge in [-0.3, -0.25) is 29.4 Å². The topological polar surface area (TPSA) is 239 Å². The molecule has 5 N–H and O–H groups in total. The van der Waals surface area contributed by atoms with Crippen molar-refractivity contribution in [1.29, 1.82) is 0 Å². The molecule has 4 heterocycles. The lowest BCUT2D eigenvalue weighted by Crippen LogP contribution is -2.06. The first-order valence-electron chi connectivity index (χ1n) is 20.1. The molecule has 6 aromatic carbocycles. The maximum atomic E-state index is 12.9. The normalized spacial score (nSPS) is 11.5. The highest BCUT2D eigenvalue weighted by molar-refractivity contribution is 7.86. The molecule has 10 aromatic rings. The van der Waals surface area contributed by atoms with Gasteiger partial charge in [-0.2, -0.15) is 28.8 Å². The third-order valence-corrected chi connectivity index (χ3v) is 11.6. The predicted octanol–water partition coefficient (Wildman–Crippen LogP) is 8.46. The lowest BCUT2D eigenvalue weighted by molar-refractivity contribution is -0.114. The van der Waals surface area contributed by atoms with Crippen LogP contribution in [0.2, 0.25) is 0 Å². The minimum atomic E-state index is -4.09. The Bertz CT molecular complexity index is 3440. The van der Waals surface area contributed by atoms with Crippen molar-refractivity contribution >= 4 is 21.7 Å². The third kappa shape index (κ3) is 8.44. The molecule has 0 radical (unpaired) electrons. The Morgan fingerprint density at radius 3 is 1.11 bits per heavy atom. The van der Waals surface area contributed by atoms with E-state index >= 15 is 0 Å². The number of carbonyl (C=O) groups excluding carboxylic acids is 1. The summed E-state index contributed by atoms with van der Waals surface area (Å²) >= 11 is 0. The number of carbonyl (C=O) groups is 1. The van der Waals surface area contributed by atoms with Gasteiger partial charge in [0.2, 0.25) is 5.91 Å². The van der Waals surface area contributed by atoms with Gasteiger partial charge in [0.15, 0.2) is 46.6 Å². The molecule has 0 bridgehead atoms. The molecule has 0 aliphatic carbocycles. The van der Waals surface area contributed by atoms with Crippen molar-refractivity contribution < 1.29 is 17.4 Å². The summed E-state index contributed by atoms with van der Waals surface area (Å²) in [5.74, 6) is 3.45. The molecular formula is C47H35N13O4S. The van der Waals surface area contributed by atoms with Crippen LogP contribution in [0.15, 0.2) is 150 Å². The van der Waals surface area contributed by atoms with Crippen LogP contribution in [0.25, 0.3) is 102 Å². The minimum absolute atomic E-state index is 0.0898. The Kier molecular flexibility index (Phi) is 10.5. The first-order chi connectivity index (χ1) is 31.7. The highest BCUT2D eigenvalue weighted by atomic mass is 32.2. The third-order valence-electron chi connectivity index (χ3n) is 10.4. The maximum Gasteiger partial charge on any atom is 0.296 e. The fourth-order valence-electron chi connectivity index (χ4n) is 7.17. The molecule has 0 atom stereocenters. The van der Waals surface area contributed by atoms with Crippen LogP contribution in [0.3, 0.4) is 0 Å². The molecule has 0 spiro atoms. The van der Waals surface area contributed by atoms with Crippen LogP contribution >= 0.6 is 0 Å². The predicted molar refractivity (Wildman–Crippen MR) is 244 cm³/mol. The van der Waals surface area contributed by atoms with Crippen molar-refractivity contribution in [1.82, 2.24) is 60.7 Å². The fourth-order valence-corrected chi connectivity index (χ4v) is 7.91. The van der Waals surface area contributed by atoms with Gasteiger partial charge in [0.05, 0.1) is 12.0 Å². The molecule has 0 saturated carbocycles. The zero-order chi connectivity index (χ0) is 44.5. The van der Waals surface area contributed by atoms with E-state index in [-0.39, 0.29) is 16.6 Å². The number of amides is 1. The monoisotopic (exact) mass is 877 g/mol. The Labute approximate surface area is 370 Å². The molecule has 0 saturated heterocycles. The zero-order valence-electron chi connectivity index (χ0n) is 34.5. The van der Waals surface area contributed by atoms with Crippen molar-refractivity contribution in [2.75, 3.05) is 12.4 Å². The summed E-state index contributed by atoms with van der Waals surface area (Å²) in [6.45, 7) is 1.45. The smallest absolute Gasteiger partial charge is 0.296 e. The zero-order valence-corrected chi connectivity index (χ0v) is 35.3. The van der Waals surface area contributed by atoms with Gasteiger partial charge in [0.25, 0.3) is 10.1 Å². The van der Waals surface area contributed by atoms with Crippen LogP contribution in [0.5, 0.6) is 0 Å². The molecule has 17 nitrogen and oxygen atoms in total. The first-order valence-corrected chi connectivity index (χ1v) is 21.5. The van der Waals surface area contributed by atoms with Crippen LogP contribution in [0.1, 0.15) is 6.92 Å². The van der Waals surface area contributed by atoms with Crippen LogP contribution in [-0.4, -0.2) is 82.2 Å². The second kappa shape index (κ2) is 16.9. The van der Waals surface area contributed by atoms with Gasteiger partial charge in [-0.05, 0) is 47.5 Å². The van der Waals surface area contributed by atoms with E-state index in [4.69, 9.17) is 19.1 Å². The number of rotatable bonds is 12. The van der Waals surface area contributed by atoms with Crippen LogP contribution in [-0.2, 0) is 19.1 Å². The van der Waals surface area contributed by atoms with Gasteiger partial charge in [0, 0.05) is 57.1 Å². The Balaban J connectivity index is 0.868. The van der Waals surface area contributed by atoms with Gasteiger partial charge < -0.3 is 5.32 Å². The van der Waals surface area contributed by atoms with Crippen molar-refractivity contribution in [3.63, 3.8) is 0 Å². The second-order valence-electron chi connectivity index (χ2n) is 14.8. The van der Waals surface area contributed by atoms with Gasteiger partial charge in [-0.15, -0.1) is 0 Å². The lowest BCUT2D eigenvalue weighted by atomic mass is 10.0. The quantitative estimate of drug-likeness (QED) is 0.0727. The molecule has 65 heavy (non-hydrogen) atoms. The number of aromatic nitrogens is 12. The highest BCUT2D eigenvalue weighted by Gasteiger charge is 2.21. The Morgan fingerprint density at radius 2 is 0.769 bits per heavy atom. The Morgan fingerprint density at radius 1 is 0.446 bits per heavy atom. The summed E-state index contributed by atoms with van der Waals surface area (Å²) in [6, 6.07) is 45.0. The Hall–Kier alpha value is -8.74. The highest BCUT2D eigenvalue weighted by Crippen LogP contribution is 2.33. The number of H-pyrrole nitrogens is 4. The van der Waals surface area contributed by atoms with Crippen molar-refractivity contribution in [2.24, 2.45) is 0 Å². The molecule has 0 aliphatic rings. The van der Waals surface area contributed by atoms with Crippen LogP contribution in [0, 0.1) is 0 Å². The molecular weight excluding hydrogens is 843 g/mol. The van der Waals surface area contributed by atoms with E-state index in [0.29, 0.717) is 68.7 Å². The minimum Gasteiger partial charge on any atom is -0.326 e. The molecule has 4 aromatic heterocycles. The van der Waals surface area contributed by atoms with Crippen molar-refractivity contribution in [3.8, 4) is 102 Å². The summed E-state index contributed by atoms with van der Waals surface area (Å²) < 4.78 is 30.6. The number of hydrogen-bond donors (Lipinski definition) is 5. The summed E-state index contributed by atoms with van der Waals surface area (Å²) in [5, 5.41) is 32.5. The molecule has 18 heteroatoms. The van der Waals surface area contributed by atoms with E-state index in [0.717, 1.165) is 40.5 Å². The summed E-state index contributed by atoms with van der Waals surface area (Å²) in [6.07, 6.45) is 0. The maximum absolute atomic E-state index is 12.9. The van der Waals surface area contributed by atoms with Crippen molar-refractivity contribution in [2.45, 2.75) is 11.8 Å². The molecule has 10 rings (SSSR count). The molecule has 0 fully saturated rings. The number of benzene rings is 6. The van der Waals surface area contributed by atoms with Crippen LogP contribution < -0.4 is 5.32 Å². The van der Waals surface area contributed by atoms with E-state index < -0.39 is 10.1 Å². The lowest BCUT2D eigenvalue weighted by Gasteiger charge is -2.07. The number of hydrogen-bond acceptors (Lipinski definition) is 12. The van der Waals surface area contributed by atoms with Crippen LogP contribution in [0.4, 0.5) is 5.69 Å². The summed E-state index contributed by atoms with van der Waals surface area (Å²) in [4.78, 5) is 30.8. The second-order valence-corrected chi connectivity index (χ2v) is 16.5. The fraction of sp³-hybridized carbons (Fsp3) is 0.0426. The standard InChI is InChI=1S/C47H35N13O4S/c1-27(61)48-38-23-34(44-49-40(53-57-44)30-9-5-3-6-10-30)21-35(24-38)45-51-42(55-58-45)32-17-13-28(14-18-32)29-15-19-33(20-16-29)43-52-47(60-56-43)37-22-36(25-39(26-37)65(62,63)64-2)46-50-41(54-59-46)31-11-7-4-8-12-31/h3-26H,1-2H3,(H,48,61)(H,49,53,57)(H,50,54,59)(H,51,55,58)(H,52,56,60). The van der Waals surface area contributed by atoms with E-state index in [9.17, 15) is 13.2 Å². The van der Waals surface area contributed by atoms with Gasteiger partial charge >= 0.3 is 0 Å². The molecule has 0 unspecified atom stereocenters. The van der Waals surface area contributed by atoms with Gasteiger partial charge in [-0.25, -0.2) is 19.9 Å². The summed E-state index contributed by atoms with van der Waals surface area (Å²) in [5.41, 5.74) is 8.02. The van der Waals surface area contributed by atoms with E-state index in [1.165, 1.54) is 19.1 Å². The molecule has 1 amide bonds. The number of aromatic amines is 4. The largest absolute Gasteiger partial charge is 0.326 e. The van der Waals surface area contributed by atoms with Gasteiger partial charge in [0.1, 0.15) is 0 Å². The van der Waals surface area contributed by atoms with E-state index in [1.807, 2.05) is 121 Å². The number of anilines is 1. The SMILES string of the molecule is COS(=O)(=O)c1cc(-c2n[nH]c(-c3ccccc3)n2)cc(-c2n[nH]c(-c3ccc(-c4ccc(-c5nc(-c6cc(NC(C)=O)cc(-c7n[nH]c(-c8ccccc8)n7)c6)n[nH]5)cc4)cc3)n2)c1. The molecule has 0 aliphatic heterocycles. The number of nitrogens with zero attached hydrogens (tertiary/aromatic N) is 8. The number of nitrogens with one attached hydrogen (secondary N) is 5. The van der Waals surface area contributed by atoms with Gasteiger partial charge in [-0.1, -0.05) is 109 Å². The van der Waals surface area contributed by atoms with Crippen molar-refractivity contribution in [3.05, 3.63) is 146 Å². The summed E-state index contributed by atoms with van der Waals surface area (Å²) in [7, 11) is -2.98.